The summed E-state index contributed by atoms with van der Waals surface area (Å²) in [6.45, 7) is -1.57. The Morgan fingerprint density at radius 2 is 1.22 bits per heavy atom. The van der Waals surface area contributed by atoms with Gasteiger partial charge in [0.1, 0.15) is 30.5 Å². The summed E-state index contributed by atoms with van der Waals surface area (Å²) in [5.74, 6) is -3.56. The number of carboxylic acid groups (broad SMARTS) is 1. The van der Waals surface area contributed by atoms with E-state index in [2.05, 4.69) is 0 Å². The van der Waals surface area contributed by atoms with Crippen molar-refractivity contribution < 1.29 is 60.3 Å². The van der Waals surface area contributed by atoms with Gasteiger partial charge in [-0.1, -0.05) is 0 Å². The molecule has 0 aliphatic carbocycles. The Bertz CT molecular complexity index is 372. The predicted molar refractivity (Wildman–Crippen MR) is 68.9 cm³/mol. The molecule has 0 saturated heterocycles. The van der Waals surface area contributed by atoms with Gasteiger partial charge in [-0.2, -0.15) is 0 Å². The van der Waals surface area contributed by atoms with E-state index in [0.29, 0.717) is 0 Å². The maximum atomic E-state index is 10.5. The third-order valence-corrected chi connectivity index (χ3v) is 2.45. The van der Waals surface area contributed by atoms with E-state index in [1.54, 1.807) is 0 Å². The Morgan fingerprint density at radius 3 is 1.52 bits per heavy atom. The van der Waals surface area contributed by atoms with Crippen LogP contribution in [0.5, 0.6) is 0 Å². The summed E-state index contributed by atoms with van der Waals surface area (Å²) >= 11 is 0. The lowest BCUT2D eigenvalue weighted by Crippen LogP contribution is -2.46. The number of carbonyl (C=O) groups is 3. The van der Waals surface area contributed by atoms with Crippen LogP contribution in [0, 0.1) is 0 Å². The second-order valence-corrected chi connectivity index (χ2v) is 4.22. The fourth-order valence-electron chi connectivity index (χ4n) is 1.02. The van der Waals surface area contributed by atoms with Gasteiger partial charge >= 0.3 is 5.97 Å². The number of Topliss-reactive ketones (excluding diaryl/α,β-unsaturated/α-hetero) is 1. The molecular weight excluding hydrogens is 324 g/mol. The van der Waals surface area contributed by atoms with Gasteiger partial charge < -0.3 is 50.8 Å². The summed E-state index contributed by atoms with van der Waals surface area (Å²) in [6.07, 6.45) is -10.6. The van der Waals surface area contributed by atoms with Crippen molar-refractivity contribution in [1.29, 1.82) is 0 Å². The fourth-order valence-corrected chi connectivity index (χ4v) is 1.02. The molecule has 0 heterocycles. The van der Waals surface area contributed by atoms with Crippen LogP contribution in [-0.2, 0) is 14.4 Å². The van der Waals surface area contributed by atoms with Crippen molar-refractivity contribution in [2.24, 2.45) is 0 Å². The molecule has 0 aliphatic heterocycles. The molecule has 136 valence electrons. The molecule has 0 aromatic heterocycles. The molecule has 6 unspecified atom stereocenters. The highest BCUT2D eigenvalue weighted by Gasteiger charge is 2.33. The normalized spacial score (nSPS) is 18.4. The van der Waals surface area contributed by atoms with Gasteiger partial charge in [-0.25, -0.2) is 4.79 Å². The lowest BCUT2D eigenvalue weighted by atomic mass is 10.1. The number of aliphatic hydroxyl groups excluding tert-OH is 8. The molecule has 12 nitrogen and oxygen atoms in total. The first kappa shape index (κ1) is 23.8. The van der Waals surface area contributed by atoms with Crippen LogP contribution in [0.25, 0.3) is 0 Å². The van der Waals surface area contributed by atoms with Gasteiger partial charge in [0.05, 0.1) is 13.2 Å². The van der Waals surface area contributed by atoms with E-state index in [1.807, 2.05) is 0 Å². The first-order valence-corrected chi connectivity index (χ1v) is 6.07. The van der Waals surface area contributed by atoms with Crippen LogP contribution in [0.1, 0.15) is 0 Å². The van der Waals surface area contributed by atoms with E-state index in [-0.39, 0.29) is 6.29 Å². The van der Waals surface area contributed by atoms with E-state index >= 15 is 0 Å². The third-order valence-electron chi connectivity index (χ3n) is 2.45. The van der Waals surface area contributed by atoms with Crippen molar-refractivity contribution in [1.82, 2.24) is 0 Å². The quantitative estimate of drug-likeness (QED) is 0.140. The monoisotopic (exact) mass is 344 g/mol. The molecule has 23 heavy (non-hydrogen) atoms. The van der Waals surface area contributed by atoms with E-state index in [1.165, 1.54) is 0 Å². The molecule has 0 aliphatic rings. The molecule has 0 radical (unpaired) electrons. The van der Waals surface area contributed by atoms with Gasteiger partial charge in [0.25, 0.3) is 5.78 Å². The first-order valence-electron chi connectivity index (χ1n) is 6.07. The highest BCUT2D eigenvalue weighted by Crippen LogP contribution is 2.01. The predicted octanol–water partition coefficient (Wildman–Crippen LogP) is -6.02. The molecule has 0 fully saturated rings. The Kier molecular flexibility index (Phi) is 12.4. The van der Waals surface area contributed by atoms with Gasteiger partial charge in [0.2, 0.25) is 0 Å². The van der Waals surface area contributed by atoms with Crippen LogP contribution in [-0.4, -0.2) is 114 Å². The maximum Gasteiger partial charge on any atom is 0.375 e. The third kappa shape index (κ3) is 8.63. The molecule has 0 amide bonds. The lowest BCUT2D eigenvalue weighted by molar-refractivity contribution is -0.159. The summed E-state index contributed by atoms with van der Waals surface area (Å²) in [4.78, 5) is 30.3. The Hall–Kier alpha value is -1.51. The minimum absolute atomic E-state index is 0.0869. The second-order valence-electron chi connectivity index (χ2n) is 4.22. The van der Waals surface area contributed by atoms with E-state index in [0.717, 1.165) is 0 Å². The number of carbonyl (C=O) groups excluding carboxylic acids is 2. The summed E-state index contributed by atoms with van der Waals surface area (Å²) in [5, 5.41) is 76.8. The Morgan fingerprint density at radius 1 is 0.826 bits per heavy atom. The van der Waals surface area contributed by atoms with E-state index in [4.69, 9.17) is 46.0 Å². The number of rotatable bonds is 9. The number of aldehydes is 1. The zero-order chi connectivity index (χ0) is 18.7. The van der Waals surface area contributed by atoms with Crippen LogP contribution in [0.4, 0.5) is 0 Å². The van der Waals surface area contributed by atoms with Crippen molar-refractivity contribution in [3.8, 4) is 0 Å². The zero-order valence-electron chi connectivity index (χ0n) is 11.7. The van der Waals surface area contributed by atoms with Crippen molar-refractivity contribution >= 4 is 18.0 Å². The molecule has 0 bridgehead atoms. The van der Waals surface area contributed by atoms with Crippen LogP contribution in [0.2, 0.25) is 0 Å². The second kappa shape index (κ2) is 12.0. The molecule has 0 aromatic rings. The zero-order valence-corrected chi connectivity index (χ0v) is 11.7. The fraction of sp³-hybridized carbons (Fsp3) is 0.727. The highest BCUT2D eigenvalue weighted by atomic mass is 16.4. The molecular formula is C11H20O12. The molecule has 12 heteroatoms. The smallest absolute Gasteiger partial charge is 0.375 e. The summed E-state index contributed by atoms with van der Waals surface area (Å²) in [7, 11) is 0. The van der Waals surface area contributed by atoms with Crippen LogP contribution in [0.15, 0.2) is 0 Å². The van der Waals surface area contributed by atoms with Gasteiger partial charge in [-0.3, -0.25) is 4.79 Å². The SMILES string of the molecule is O=C(O)C(=O)C(O)C(O)C(O)CO.O=CC(O)C(O)C(O)CO. The van der Waals surface area contributed by atoms with E-state index in [9.17, 15) is 14.4 Å². The lowest BCUT2D eigenvalue weighted by Gasteiger charge is -2.18. The van der Waals surface area contributed by atoms with Crippen LogP contribution < -0.4 is 0 Å². The van der Waals surface area contributed by atoms with Crippen LogP contribution >= 0.6 is 0 Å². The standard InChI is InChI=1S/C6H10O7.C5H10O5/c7-1-2(8)3(9)4(10)5(11)6(12)13;6-1-3(8)5(10)4(9)2-7/h2-4,7-10H,1H2,(H,12,13);1,3-5,7-10H,2H2. The number of aliphatic hydroxyl groups is 8. The number of carboxylic acids is 1. The summed E-state index contributed by atoms with van der Waals surface area (Å²) < 4.78 is 0. The Balaban J connectivity index is 0. The number of ketones is 1. The molecule has 0 saturated carbocycles. The molecule has 0 rings (SSSR count). The number of hydrogen-bond acceptors (Lipinski definition) is 11. The summed E-state index contributed by atoms with van der Waals surface area (Å²) in [5.41, 5.74) is 0. The van der Waals surface area contributed by atoms with Gasteiger partial charge in [0.15, 0.2) is 12.4 Å². The van der Waals surface area contributed by atoms with E-state index < -0.39 is 61.6 Å². The highest BCUT2D eigenvalue weighted by molar-refractivity contribution is 6.34. The van der Waals surface area contributed by atoms with Gasteiger partial charge in [-0.05, 0) is 0 Å². The first-order chi connectivity index (χ1) is 10.5. The molecule has 0 spiro atoms. The molecule has 9 N–H and O–H groups in total. The molecule has 6 atom stereocenters. The maximum absolute atomic E-state index is 10.5. The number of aliphatic carboxylic acids is 1. The largest absolute Gasteiger partial charge is 0.475 e. The Labute approximate surface area is 129 Å². The van der Waals surface area contributed by atoms with Crippen molar-refractivity contribution in [3.63, 3.8) is 0 Å². The van der Waals surface area contributed by atoms with Crippen molar-refractivity contribution in [2.75, 3.05) is 13.2 Å². The van der Waals surface area contributed by atoms with Crippen molar-refractivity contribution in [2.45, 2.75) is 36.6 Å². The summed E-state index contributed by atoms with van der Waals surface area (Å²) in [6, 6.07) is 0. The van der Waals surface area contributed by atoms with Gasteiger partial charge in [-0.15, -0.1) is 0 Å². The number of hydrogen-bond donors (Lipinski definition) is 9. The topological polar surface area (TPSA) is 233 Å². The minimum atomic E-state index is -2.24. The van der Waals surface area contributed by atoms with Crippen molar-refractivity contribution in [3.05, 3.63) is 0 Å². The molecule has 0 aromatic carbocycles. The average molecular weight is 344 g/mol. The van der Waals surface area contributed by atoms with Gasteiger partial charge in [0, 0.05) is 0 Å². The minimum Gasteiger partial charge on any atom is -0.475 e. The average Bonchev–Trinajstić information content (AvgIpc) is 2.56. The van der Waals surface area contributed by atoms with Crippen LogP contribution in [0.3, 0.4) is 0 Å².